The van der Waals surface area contributed by atoms with Crippen molar-refractivity contribution in [3.8, 4) is 11.5 Å². The fourth-order valence-corrected chi connectivity index (χ4v) is 5.02. The highest BCUT2D eigenvalue weighted by atomic mass is 32.1. The first-order valence-corrected chi connectivity index (χ1v) is 11.9. The van der Waals surface area contributed by atoms with E-state index < -0.39 is 5.97 Å². The van der Waals surface area contributed by atoms with Crippen LogP contribution in [0.25, 0.3) is 17.1 Å². The summed E-state index contributed by atoms with van der Waals surface area (Å²) < 4.78 is 11.9. The van der Waals surface area contributed by atoms with Crippen LogP contribution >= 0.6 is 11.3 Å². The summed E-state index contributed by atoms with van der Waals surface area (Å²) in [5, 5.41) is 19.4. The monoisotopic (exact) mass is 481 g/mol. The number of likely N-dealkylation sites (tertiary alicyclic amines) is 1. The van der Waals surface area contributed by atoms with Gasteiger partial charge in [-0.25, -0.2) is 14.3 Å². The molecule has 1 fully saturated rings. The van der Waals surface area contributed by atoms with Crippen LogP contribution in [-0.2, 0) is 4.74 Å². The van der Waals surface area contributed by atoms with E-state index in [1.165, 1.54) is 11.3 Å². The van der Waals surface area contributed by atoms with Crippen LogP contribution in [0.3, 0.4) is 0 Å². The van der Waals surface area contributed by atoms with Gasteiger partial charge in [0.2, 0.25) is 0 Å². The number of esters is 1. The predicted octanol–water partition coefficient (Wildman–Crippen LogP) is 3.05. The molecule has 11 nitrogen and oxygen atoms in total. The predicted molar refractivity (Wildman–Crippen MR) is 122 cm³/mol. The number of piperidine rings is 1. The van der Waals surface area contributed by atoms with Crippen molar-refractivity contribution in [1.29, 1.82) is 0 Å². The maximum atomic E-state index is 13.1. The molecule has 176 valence electrons. The normalized spacial score (nSPS) is 14.6. The average Bonchev–Trinajstić information content (AvgIpc) is 3.58. The molecule has 0 aliphatic carbocycles. The SMILES string of the molecule is CCOC(=O)c1cc(-c2csc(C3CCN(C(=O)c4nnc5cc(C)nn5c4C)CC3)n2)on1. The molecule has 4 aromatic rings. The minimum Gasteiger partial charge on any atom is -0.461 e. The number of fused-ring (bicyclic) bond motifs is 1. The van der Waals surface area contributed by atoms with E-state index in [9.17, 15) is 9.59 Å². The van der Waals surface area contributed by atoms with Gasteiger partial charge in [0.25, 0.3) is 5.91 Å². The van der Waals surface area contributed by atoms with Gasteiger partial charge in [0.15, 0.2) is 22.8 Å². The second-order valence-corrected chi connectivity index (χ2v) is 9.01. The summed E-state index contributed by atoms with van der Waals surface area (Å²) in [6, 6.07) is 3.37. The molecule has 4 aromatic heterocycles. The molecular formula is C22H23N7O4S. The summed E-state index contributed by atoms with van der Waals surface area (Å²) >= 11 is 1.54. The molecule has 0 N–H and O–H groups in total. The number of hydrogen-bond donors (Lipinski definition) is 0. The van der Waals surface area contributed by atoms with E-state index in [1.807, 2.05) is 30.2 Å². The van der Waals surface area contributed by atoms with Crippen LogP contribution in [0.4, 0.5) is 0 Å². The number of rotatable bonds is 5. The number of amides is 1. The molecule has 34 heavy (non-hydrogen) atoms. The van der Waals surface area contributed by atoms with Crippen LogP contribution in [0.2, 0.25) is 0 Å². The molecule has 0 spiro atoms. The van der Waals surface area contributed by atoms with Crippen LogP contribution < -0.4 is 0 Å². The lowest BCUT2D eigenvalue weighted by molar-refractivity contribution is 0.0514. The first kappa shape index (κ1) is 22.1. The molecule has 5 rings (SSSR count). The zero-order valence-corrected chi connectivity index (χ0v) is 19.8. The molecule has 1 aliphatic heterocycles. The van der Waals surface area contributed by atoms with Crippen molar-refractivity contribution in [1.82, 2.24) is 34.9 Å². The standard InChI is InChI=1S/C22H23N7O4S/c1-4-32-22(31)15-10-17(33-27-15)16-11-34-20(23-16)14-5-7-28(8-6-14)21(30)19-13(3)29-18(24-25-19)9-12(2)26-29/h9-11,14H,4-8H2,1-3H3. The number of aryl methyl sites for hydroxylation is 2. The molecule has 0 aromatic carbocycles. The lowest BCUT2D eigenvalue weighted by Crippen LogP contribution is -2.39. The Morgan fingerprint density at radius 2 is 2.00 bits per heavy atom. The molecular weight excluding hydrogens is 458 g/mol. The number of nitrogens with zero attached hydrogens (tertiary/aromatic N) is 7. The van der Waals surface area contributed by atoms with Gasteiger partial charge in [-0.2, -0.15) is 5.10 Å². The second-order valence-electron chi connectivity index (χ2n) is 8.12. The van der Waals surface area contributed by atoms with Crippen molar-refractivity contribution in [2.45, 2.75) is 39.5 Å². The molecule has 1 saturated heterocycles. The third-order valence-electron chi connectivity index (χ3n) is 5.83. The Kier molecular flexibility index (Phi) is 5.82. The summed E-state index contributed by atoms with van der Waals surface area (Å²) in [5.41, 5.74) is 3.23. The van der Waals surface area contributed by atoms with Crippen LogP contribution in [0.15, 0.2) is 22.0 Å². The Hall–Kier alpha value is -3.67. The molecule has 0 unspecified atom stereocenters. The molecule has 1 aliphatic rings. The largest absolute Gasteiger partial charge is 0.461 e. The third-order valence-corrected chi connectivity index (χ3v) is 6.84. The van der Waals surface area contributed by atoms with E-state index in [4.69, 9.17) is 14.2 Å². The number of hydrogen-bond acceptors (Lipinski definition) is 10. The molecule has 5 heterocycles. The van der Waals surface area contributed by atoms with Gasteiger partial charge in [0, 0.05) is 36.5 Å². The Bertz CT molecular complexity index is 1370. The summed E-state index contributed by atoms with van der Waals surface area (Å²) in [6.07, 6.45) is 1.58. The highest BCUT2D eigenvalue weighted by Gasteiger charge is 2.29. The second kappa shape index (κ2) is 8.93. The van der Waals surface area contributed by atoms with Gasteiger partial charge in [0.1, 0.15) is 5.69 Å². The van der Waals surface area contributed by atoms with E-state index in [0.717, 1.165) is 23.5 Å². The highest BCUT2D eigenvalue weighted by molar-refractivity contribution is 7.10. The van der Waals surface area contributed by atoms with Gasteiger partial charge in [0.05, 0.1) is 23.0 Å². The number of aromatic nitrogens is 6. The fourth-order valence-electron chi connectivity index (χ4n) is 4.04. The fraction of sp³-hybridized carbons (Fsp3) is 0.409. The zero-order chi connectivity index (χ0) is 23.8. The maximum absolute atomic E-state index is 13.1. The minimum absolute atomic E-state index is 0.125. The Morgan fingerprint density at radius 3 is 2.76 bits per heavy atom. The van der Waals surface area contributed by atoms with Crippen LogP contribution in [0.5, 0.6) is 0 Å². The van der Waals surface area contributed by atoms with Gasteiger partial charge in [-0.15, -0.1) is 21.5 Å². The minimum atomic E-state index is -0.522. The lowest BCUT2D eigenvalue weighted by atomic mass is 9.97. The molecule has 0 saturated carbocycles. The Morgan fingerprint density at radius 1 is 1.21 bits per heavy atom. The van der Waals surface area contributed by atoms with Crippen molar-refractivity contribution < 1.29 is 18.8 Å². The van der Waals surface area contributed by atoms with E-state index in [1.54, 1.807) is 17.5 Å². The molecule has 12 heteroatoms. The molecule has 1 amide bonds. The summed E-state index contributed by atoms with van der Waals surface area (Å²) in [5.74, 6) is 0.00777. The highest BCUT2D eigenvalue weighted by Crippen LogP contribution is 2.33. The number of ether oxygens (including phenoxy) is 1. The van der Waals surface area contributed by atoms with Crippen molar-refractivity contribution in [2.75, 3.05) is 19.7 Å². The van der Waals surface area contributed by atoms with E-state index in [-0.39, 0.29) is 24.1 Å². The first-order valence-electron chi connectivity index (χ1n) is 11.0. The third kappa shape index (κ3) is 4.04. The molecule has 0 radical (unpaired) electrons. The van der Waals surface area contributed by atoms with Crippen molar-refractivity contribution in [3.63, 3.8) is 0 Å². The lowest BCUT2D eigenvalue weighted by Gasteiger charge is -2.31. The van der Waals surface area contributed by atoms with Crippen LogP contribution in [-0.4, -0.2) is 66.4 Å². The summed E-state index contributed by atoms with van der Waals surface area (Å²) in [4.78, 5) is 31.4. The number of thiazole rings is 1. The molecule has 0 bridgehead atoms. The van der Waals surface area contributed by atoms with Crippen molar-refractivity contribution in [2.24, 2.45) is 0 Å². The smallest absolute Gasteiger partial charge is 0.360 e. The molecule has 0 atom stereocenters. The number of carbonyl (C=O) groups excluding carboxylic acids is 2. The Balaban J connectivity index is 1.25. The van der Waals surface area contributed by atoms with Crippen LogP contribution in [0, 0.1) is 13.8 Å². The average molecular weight is 482 g/mol. The van der Waals surface area contributed by atoms with Gasteiger partial charge in [-0.05, 0) is 33.6 Å². The van der Waals surface area contributed by atoms with Gasteiger partial charge in [-0.1, -0.05) is 5.16 Å². The van der Waals surface area contributed by atoms with Gasteiger partial charge in [-0.3, -0.25) is 4.79 Å². The van der Waals surface area contributed by atoms with Crippen molar-refractivity contribution in [3.05, 3.63) is 45.3 Å². The zero-order valence-electron chi connectivity index (χ0n) is 19.0. The van der Waals surface area contributed by atoms with Gasteiger partial charge >= 0.3 is 5.97 Å². The van der Waals surface area contributed by atoms with E-state index in [2.05, 4.69) is 20.5 Å². The quantitative estimate of drug-likeness (QED) is 0.395. The topological polar surface area (TPSA) is 129 Å². The summed E-state index contributed by atoms with van der Waals surface area (Å²) in [6.45, 7) is 6.93. The van der Waals surface area contributed by atoms with E-state index in [0.29, 0.717) is 41.6 Å². The number of carbonyl (C=O) groups is 2. The van der Waals surface area contributed by atoms with Crippen molar-refractivity contribution >= 4 is 28.9 Å². The van der Waals surface area contributed by atoms with E-state index >= 15 is 0 Å². The van der Waals surface area contributed by atoms with Gasteiger partial charge < -0.3 is 14.2 Å². The summed E-state index contributed by atoms with van der Waals surface area (Å²) in [7, 11) is 0. The maximum Gasteiger partial charge on any atom is 0.360 e. The first-order chi connectivity index (χ1) is 16.4. The Labute approximate surface area is 198 Å². The van der Waals surface area contributed by atoms with Crippen LogP contribution in [0.1, 0.15) is 63.1 Å².